The largest absolute Gasteiger partial charge is 0.467 e. The fraction of sp³-hybridized carbons (Fsp3) is 0.600. The van der Waals surface area contributed by atoms with Gasteiger partial charge in [-0.15, -0.1) is 0 Å². The number of hydrogen-bond donors (Lipinski definition) is 2. The monoisotopic (exact) mass is 254 g/mol. The highest BCUT2D eigenvalue weighted by molar-refractivity contribution is 5.78. The molecule has 18 heavy (non-hydrogen) atoms. The zero-order valence-electron chi connectivity index (χ0n) is 10.8. The number of carbonyl (C=O) groups excluding carboxylic acids is 1. The summed E-state index contributed by atoms with van der Waals surface area (Å²) in [5.41, 5.74) is 5.12. The van der Waals surface area contributed by atoms with E-state index in [0.717, 1.165) is 13.0 Å². The minimum Gasteiger partial charge on any atom is -0.467 e. The van der Waals surface area contributed by atoms with Gasteiger partial charge in [-0.25, -0.2) is 0 Å². The van der Waals surface area contributed by atoms with Crippen LogP contribution in [0.15, 0.2) is 0 Å². The number of anilines is 2. The molecule has 3 N–H and O–H groups in total. The maximum Gasteiger partial charge on any atom is 0.322 e. The highest BCUT2D eigenvalue weighted by Crippen LogP contribution is 2.13. The quantitative estimate of drug-likeness (QED) is 0.683. The van der Waals surface area contributed by atoms with Gasteiger partial charge in [0.2, 0.25) is 17.8 Å². The number of ether oxygens (including phenoxy) is 1. The van der Waals surface area contributed by atoms with Crippen LogP contribution in [0.1, 0.15) is 13.3 Å². The van der Waals surface area contributed by atoms with Crippen molar-refractivity contribution in [2.45, 2.75) is 13.3 Å². The van der Waals surface area contributed by atoms with Gasteiger partial charge in [0, 0.05) is 13.6 Å². The number of rotatable bonds is 7. The van der Waals surface area contributed by atoms with Crippen LogP contribution in [-0.2, 0) is 4.79 Å². The third-order valence-corrected chi connectivity index (χ3v) is 2.05. The zero-order chi connectivity index (χ0) is 13.5. The van der Waals surface area contributed by atoms with E-state index in [-0.39, 0.29) is 12.6 Å². The van der Waals surface area contributed by atoms with Crippen LogP contribution < -0.4 is 20.7 Å². The summed E-state index contributed by atoms with van der Waals surface area (Å²) in [6.45, 7) is 2.80. The molecule has 1 aromatic heterocycles. The Bertz CT molecular complexity index is 411. The number of carbonyl (C=O) groups is 1. The number of methoxy groups -OCH3 is 1. The molecule has 0 radical (unpaired) electrons. The molecule has 8 nitrogen and oxygen atoms in total. The molecule has 100 valence electrons. The molecule has 1 rings (SSSR count). The van der Waals surface area contributed by atoms with Crippen LogP contribution >= 0.6 is 0 Å². The van der Waals surface area contributed by atoms with Crippen molar-refractivity contribution in [3.8, 4) is 6.01 Å². The smallest absolute Gasteiger partial charge is 0.322 e. The molecular weight excluding hydrogens is 236 g/mol. The summed E-state index contributed by atoms with van der Waals surface area (Å²) in [6, 6.07) is 0.190. The average molecular weight is 254 g/mol. The number of amides is 1. The summed E-state index contributed by atoms with van der Waals surface area (Å²) in [6.07, 6.45) is 0.945. The molecule has 0 spiro atoms. The SMILES string of the molecule is CCCNc1nc(OC)nc(N(C)CC(N)=O)n1. The van der Waals surface area contributed by atoms with E-state index in [0.29, 0.717) is 11.9 Å². The molecule has 0 aliphatic carbocycles. The van der Waals surface area contributed by atoms with Gasteiger partial charge in [-0.3, -0.25) is 4.79 Å². The van der Waals surface area contributed by atoms with Gasteiger partial charge in [-0.1, -0.05) is 6.92 Å². The third-order valence-electron chi connectivity index (χ3n) is 2.05. The van der Waals surface area contributed by atoms with E-state index >= 15 is 0 Å². The maximum absolute atomic E-state index is 10.9. The van der Waals surface area contributed by atoms with Gasteiger partial charge in [-0.05, 0) is 6.42 Å². The topological polar surface area (TPSA) is 106 Å². The summed E-state index contributed by atoms with van der Waals surface area (Å²) < 4.78 is 4.99. The van der Waals surface area contributed by atoms with E-state index < -0.39 is 5.91 Å². The Morgan fingerprint density at radius 1 is 1.44 bits per heavy atom. The van der Waals surface area contributed by atoms with E-state index in [1.807, 2.05) is 6.92 Å². The Morgan fingerprint density at radius 3 is 2.72 bits per heavy atom. The summed E-state index contributed by atoms with van der Waals surface area (Å²) in [5.74, 6) is 0.286. The Kier molecular flexibility index (Phi) is 5.09. The van der Waals surface area contributed by atoms with E-state index in [1.54, 1.807) is 7.05 Å². The molecule has 0 aliphatic rings. The number of primary amides is 1. The zero-order valence-corrected chi connectivity index (χ0v) is 10.8. The Labute approximate surface area is 106 Å². The molecule has 0 atom stereocenters. The standard InChI is InChI=1S/C10H18N6O2/c1-4-5-12-8-13-9(15-10(14-8)18-3)16(2)6-7(11)17/h4-6H2,1-3H3,(H2,11,17)(H,12,13,14,15). The Morgan fingerprint density at radius 2 is 2.17 bits per heavy atom. The molecule has 0 aliphatic heterocycles. The van der Waals surface area contributed by atoms with Gasteiger partial charge >= 0.3 is 6.01 Å². The highest BCUT2D eigenvalue weighted by Gasteiger charge is 2.12. The molecular formula is C10H18N6O2. The van der Waals surface area contributed by atoms with Crippen molar-refractivity contribution in [1.29, 1.82) is 0 Å². The van der Waals surface area contributed by atoms with Gasteiger partial charge in [0.25, 0.3) is 0 Å². The van der Waals surface area contributed by atoms with Crippen molar-refractivity contribution in [2.75, 3.05) is 37.5 Å². The molecule has 0 saturated heterocycles. The van der Waals surface area contributed by atoms with Gasteiger partial charge in [-0.2, -0.15) is 15.0 Å². The number of hydrogen-bond acceptors (Lipinski definition) is 7. The lowest BCUT2D eigenvalue weighted by Gasteiger charge is -2.16. The first-order valence-electron chi connectivity index (χ1n) is 5.60. The molecule has 1 aromatic rings. The second kappa shape index (κ2) is 6.58. The molecule has 0 unspecified atom stereocenters. The van der Waals surface area contributed by atoms with Crippen LogP contribution in [-0.4, -0.2) is 48.1 Å². The van der Waals surface area contributed by atoms with Crippen LogP contribution in [0.3, 0.4) is 0 Å². The van der Waals surface area contributed by atoms with E-state index in [9.17, 15) is 4.79 Å². The molecule has 0 saturated carbocycles. The van der Waals surface area contributed by atoms with Crippen LogP contribution in [0, 0.1) is 0 Å². The van der Waals surface area contributed by atoms with Crippen molar-refractivity contribution in [3.63, 3.8) is 0 Å². The molecule has 0 fully saturated rings. The average Bonchev–Trinajstić information content (AvgIpc) is 2.35. The van der Waals surface area contributed by atoms with Crippen molar-refractivity contribution in [1.82, 2.24) is 15.0 Å². The fourth-order valence-electron chi connectivity index (χ4n) is 1.23. The summed E-state index contributed by atoms with van der Waals surface area (Å²) in [5, 5.41) is 3.03. The van der Waals surface area contributed by atoms with Crippen LogP contribution in [0.4, 0.5) is 11.9 Å². The van der Waals surface area contributed by atoms with Gasteiger partial charge in [0.1, 0.15) is 0 Å². The predicted molar refractivity (Wildman–Crippen MR) is 67.6 cm³/mol. The second-order valence-corrected chi connectivity index (χ2v) is 3.69. The number of nitrogens with zero attached hydrogens (tertiary/aromatic N) is 4. The Hall–Kier alpha value is -2.12. The van der Waals surface area contributed by atoms with Crippen molar-refractivity contribution in [3.05, 3.63) is 0 Å². The van der Waals surface area contributed by atoms with Crippen LogP contribution in [0.2, 0.25) is 0 Å². The summed E-state index contributed by atoms with van der Waals surface area (Å²) in [4.78, 5) is 24.7. The first kappa shape index (κ1) is 13.9. The number of likely N-dealkylation sites (N-methyl/N-ethyl adjacent to an activating group) is 1. The third kappa shape index (κ3) is 4.04. The fourth-order valence-corrected chi connectivity index (χ4v) is 1.23. The van der Waals surface area contributed by atoms with Gasteiger partial charge in [0.15, 0.2) is 0 Å². The van der Waals surface area contributed by atoms with E-state index in [1.165, 1.54) is 12.0 Å². The van der Waals surface area contributed by atoms with E-state index in [2.05, 4.69) is 20.3 Å². The predicted octanol–water partition coefficient (Wildman–Crippen LogP) is -0.376. The highest BCUT2D eigenvalue weighted by atomic mass is 16.5. The summed E-state index contributed by atoms with van der Waals surface area (Å²) >= 11 is 0. The first-order valence-corrected chi connectivity index (χ1v) is 5.60. The number of nitrogens with two attached hydrogens (primary N) is 1. The Balaban J connectivity index is 2.92. The lowest BCUT2D eigenvalue weighted by molar-refractivity contribution is -0.116. The van der Waals surface area contributed by atoms with Crippen molar-refractivity contribution in [2.24, 2.45) is 5.73 Å². The molecule has 8 heteroatoms. The molecule has 0 bridgehead atoms. The van der Waals surface area contributed by atoms with Crippen LogP contribution in [0.25, 0.3) is 0 Å². The van der Waals surface area contributed by atoms with Gasteiger partial charge in [0.05, 0.1) is 13.7 Å². The molecule has 1 amide bonds. The van der Waals surface area contributed by atoms with Gasteiger partial charge < -0.3 is 20.7 Å². The maximum atomic E-state index is 10.9. The minimum atomic E-state index is -0.458. The van der Waals surface area contributed by atoms with Crippen molar-refractivity contribution < 1.29 is 9.53 Å². The number of nitrogens with one attached hydrogen (secondary N) is 1. The normalized spacial score (nSPS) is 9.94. The van der Waals surface area contributed by atoms with Crippen molar-refractivity contribution >= 4 is 17.8 Å². The lowest BCUT2D eigenvalue weighted by atomic mass is 10.5. The molecule has 0 aromatic carbocycles. The second-order valence-electron chi connectivity index (χ2n) is 3.69. The van der Waals surface area contributed by atoms with E-state index in [4.69, 9.17) is 10.5 Å². The molecule has 1 heterocycles. The lowest BCUT2D eigenvalue weighted by Crippen LogP contribution is -2.32. The number of aromatic nitrogens is 3. The first-order chi connectivity index (χ1) is 8.56. The van der Waals surface area contributed by atoms with Crippen LogP contribution in [0.5, 0.6) is 6.01 Å². The summed E-state index contributed by atoms with van der Waals surface area (Å²) in [7, 11) is 3.14. The minimum absolute atomic E-state index is 0.0282.